The Morgan fingerprint density at radius 1 is 1.18 bits per heavy atom. The summed E-state index contributed by atoms with van der Waals surface area (Å²) in [5.41, 5.74) is 1.16. The fraction of sp³-hybridized carbons (Fsp3) is 0.350. The maximum absolute atomic E-state index is 13.0. The second-order valence-electron chi connectivity index (χ2n) is 6.80. The predicted octanol–water partition coefficient (Wildman–Crippen LogP) is 3.01. The number of rotatable bonds is 6. The molecule has 1 aliphatic heterocycles. The molecule has 0 radical (unpaired) electrons. The van der Waals surface area contributed by atoms with Crippen molar-refractivity contribution in [2.45, 2.75) is 18.6 Å². The maximum Gasteiger partial charge on any atom is 0.228 e. The Labute approximate surface area is 164 Å². The number of anilines is 1. The molecular weight excluding hydrogens is 383 g/mol. The Bertz CT molecular complexity index is 914. The van der Waals surface area contributed by atoms with Gasteiger partial charge in [-0.2, -0.15) is 0 Å². The van der Waals surface area contributed by atoms with Crippen molar-refractivity contribution < 1.29 is 22.3 Å². The average molecular weight is 406 g/mol. The zero-order valence-corrected chi connectivity index (χ0v) is 16.4. The van der Waals surface area contributed by atoms with Gasteiger partial charge in [-0.05, 0) is 54.8 Å². The molecule has 0 spiro atoms. The molecule has 1 aliphatic rings. The number of halogens is 1. The number of benzene rings is 2. The number of carbonyl (C=O) groups excluding carboxylic acids is 1. The van der Waals surface area contributed by atoms with Crippen molar-refractivity contribution in [3.8, 4) is 5.75 Å². The second-order valence-corrected chi connectivity index (χ2v) is 8.77. The molecule has 6 nitrogen and oxygen atoms in total. The van der Waals surface area contributed by atoms with Gasteiger partial charge in [0, 0.05) is 18.8 Å². The van der Waals surface area contributed by atoms with E-state index in [4.69, 9.17) is 4.74 Å². The molecule has 1 atom stereocenters. The molecule has 0 aliphatic carbocycles. The molecule has 0 bridgehead atoms. The highest BCUT2D eigenvalue weighted by Gasteiger charge is 2.32. The summed E-state index contributed by atoms with van der Waals surface area (Å²) in [6, 6.07) is 12.4. The smallest absolute Gasteiger partial charge is 0.228 e. The average Bonchev–Trinajstić information content (AvgIpc) is 2.70. The zero-order valence-electron chi connectivity index (χ0n) is 15.6. The van der Waals surface area contributed by atoms with Gasteiger partial charge in [-0.15, -0.1) is 0 Å². The predicted molar refractivity (Wildman–Crippen MR) is 105 cm³/mol. The number of methoxy groups -OCH3 is 1. The topological polar surface area (TPSA) is 75.7 Å². The number of hydrogen-bond acceptors (Lipinski definition) is 4. The first-order chi connectivity index (χ1) is 13.4. The summed E-state index contributed by atoms with van der Waals surface area (Å²) >= 11 is 0. The summed E-state index contributed by atoms with van der Waals surface area (Å²) in [7, 11) is -2.02. The van der Waals surface area contributed by atoms with Crippen LogP contribution in [0.2, 0.25) is 0 Å². The van der Waals surface area contributed by atoms with Crippen LogP contribution in [0.5, 0.6) is 5.75 Å². The van der Waals surface area contributed by atoms with E-state index >= 15 is 0 Å². The first-order valence-electron chi connectivity index (χ1n) is 9.04. The number of ether oxygens (including phenoxy) is 1. The SMILES string of the molecule is COc1ccc(NC(=O)[C@@H]2CCCN(S(=O)(=O)Cc3ccc(F)cc3)C2)cc1. The minimum atomic E-state index is -3.58. The van der Waals surface area contributed by atoms with Crippen molar-refractivity contribution in [1.29, 1.82) is 0 Å². The summed E-state index contributed by atoms with van der Waals surface area (Å²) in [6.07, 6.45) is 1.24. The van der Waals surface area contributed by atoms with Crippen molar-refractivity contribution >= 4 is 21.6 Å². The number of hydrogen-bond donors (Lipinski definition) is 1. The monoisotopic (exact) mass is 406 g/mol. The van der Waals surface area contributed by atoms with Gasteiger partial charge in [-0.1, -0.05) is 12.1 Å². The van der Waals surface area contributed by atoms with Crippen LogP contribution in [0.25, 0.3) is 0 Å². The lowest BCUT2D eigenvalue weighted by atomic mass is 9.99. The lowest BCUT2D eigenvalue weighted by Gasteiger charge is -2.31. The summed E-state index contributed by atoms with van der Waals surface area (Å²) in [4.78, 5) is 12.6. The first kappa shape index (κ1) is 20.3. The van der Waals surface area contributed by atoms with E-state index in [2.05, 4.69) is 5.32 Å². The molecular formula is C20H23FN2O4S. The molecule has 3 rings (SSSR count). The summed E-state index contributed by atoms with van der Waals surface area (Å²) in [5, 5.41) is 2.83. The van der Waals surface area contributed by atoms with Gasteiger partial charge in [-0.25, -0.2) is 17.1 Å². The molecule has 0 aromatic heterocycles. The van der Waals surface area contributed by atoms with Crippen LogP contribution in [0.4, 0.5) is 10.1 Å². The van der Waals surface area contributed by atoms with E-state index in [0.29, 0.717) is 36.4 Å². The van der Waals surface area contributed by atoms with Gasteiger partial charge in [-0.3, -0.25) is 4.79 Å². The van der Waals surface area contributed by atoms with Crippen molar-refractivity contribution in [2.24, 2.45) is 5.92 Å². The largest absolute Gasteiger partial charge is 0.497 e. The second kappa shape index (κ2) is 8.70. The van der Waals surface area contributed by atoms with Gasteiger partial charge in [0.05, 0.1) is 18.8 Å². The van der Waals surface area contributed by atoms with Gasteiger partial charge in [0.2, 0.25) is 15.9 Å². The zero-order chi connectivity index (χ0) is 20.1. The molecule has 2 aromatic rings. The minimum Gasteiger partial charge on any atom is -0.497 e. The Morgan fingerprint density at radius 2 is 1.86 bits per heavy atom. The van der Waals surface area contributed by atoms with Gasteiger partial charge in [0.1, 0.15) is 11.6 Å². The highest BCUT2D eigenvalue weighted by atomic mass is 32.2. The van der Waals surface area contributed by atoms with E-state index in [1.165, 1.54) is 28.6 Å². The van der Waals surface area contributed by atoms with Gasteiger partial charge >= 0.3 is 0 Å². The normalized spacial score (nSPS) is 17.9. The minimum absolute atomic E-state index is 0.144. The molecule has 150 valence electrons. The van der Waals surface area contributed by atoms with Crippen LogP contribution in [0.1, 0.15) is 18.4 Å². The Balaban J connectivity index is 1.63. The van der Waals surface area contributed by atoms with Crippen LogP contribution in [-0.2, 0) is 20.6 Å². The van der Waals surface area contributed by atoms with Crippen LogP contribution in [0, 0.1) is 11.7 Å². The van der Waals surface area contributed by atoms with Crippen LogP contribution >= 0.6 is 0 Å². The summed E-state index contributed by atoms with van der Waals surface area (Å²) < 4.78 is 44.9. The van der Waals surface area contributed by atoms with Gasteiger partial charge in [0.25, 0.3) is 0 Å². The van der Waals surface area contributed by atoms with Crippen LogP contribution in [0.3, 0.4) is 0 Å². The number of nitrogens with zero attached hydrogens (tertiary/aromatic N) is 1. The third-order valence-electron chi connectivity index (χ3n) is 4.77. The van der Waals surface area contributed by atoms with Crippen LogP contribution in [0.15, 0.2) is 48.5 Å². The molecule has 1 amide bonds. The van der Waals surface area contributed by atoms with Crippen molar-refractivity contribution in [1.82, 2.24) is 4.31 Å². The molecule has 0 saturated carbocycles. The Kier molecular flexibility index (Phi) is 6.31. The number of nitrogens with one attached hydrogen (secondary N) is 1. The van der Waals surface area contributed by atoms with E-state index in [-0.39, 0.29) is 18.2 Å². The molecule has 1 saturated heterocycles. The fourth-order valence-corrected chi connectivity index (χ4v) is 4.82. The highest BCUT2D eigenvalue weighted by Crippen LogP contribution is 2.23. The number of sulfonamides is 1. The molecule has 28 heavy (non-hydrogen) atoms. The van der Waals surface area contributed by atoms with E-state index < -0.39 is 21.8 Å². The van der Waals surface area contributed by atoms with Gasteiger partial charge in [0.15, 0.2) is 0 Å². The summed E-state index contributed by atoms with van der Waals surface area (Å²) in [5.74, 6) is -0.547. The Hall–Kier alpha value is -2.45. The molecule has 8 heteroatoms. The van der Waals surface area contributed by atoms with E-state index in [1.54, 1.807) is 31.4 Å². The third kappa shape index (κ3) is 5.08. The molecule has 2 aromatic carbocycles. The van der Waals surface area contributed by atoms with Crippen LogP contribution in [-0.4, -0.2) is 38.8 Å². The highest BCUT2D eigenvalue weighted by molar-refractivity contribution is 7.88. The standard InChI is InChI=1S/C20H23FN2O4S/c1-27-19-10-8-18(9-11-19)22-20(24)16-3-2-12-23(13-16)28(25,26)14-15-4-6-17(21)7-5-15/h4-11,16H,2-3,12-14H2,1H3,(H,22,24)/t16-/m1/s1. The van der Waals surface area contributed by atoms with Crippen molar-refractivity contribution in [3.05, 3.63) is 59.9 Å². The van der Waals surface area contributed by atoms with E-state index in [0.717, 1.165) is 0 Å². The van der Waals surface area contributed by atoms with E-state index in [1.807, 2.05) is 0 Å². The van der Waals surface area contributed by atoms with Gasteiger partial charge < -0.3 is 10.1 Å². The number of piperidine rings is 1. The quantitative estimate of drug-likeness (QED) is 0.800. The van der Waals surface area contributed by atoms with Crippen molar-refractivity contribution in [3.63, 3.8) is 0 Å². The Morgan fingerprint density at radius 3 is 2.50 bits per heavy atom. The lowest BCUT2D eigenvalue weighted by molar-refractivity contribution is -0.120. The van der Waals surface area contributed by atoms with Crippen LogP contribution < -0.4 is 10.1 Å². The number of carbonyl (C=O) groups is 1. The lowest BCUT2D eigenvalue weighted by Crippen LogP contribution is -2.44. The molecule has 0 unspecified atom stereocenters. The third-order valence-corrected chi connectivity index (χ3v) is 6.58. The maximum atomic E-state index is 13.0. The molecule has 1 heterocycles. The van der Waals surface area contributed by atoms with Crippen molar-refractivity contribution in [2.75, 3.05) is 25.5 Å². The summed E-state index contributed by atoms with van der Waals surface area (Å²) in [6.45, 7) is 0.529. The fourth-order valence-electron chi connectivity index (χ4n) is 3.21. The molecule has 1 fully saturated rings. The first-order valence-corrected chi connectivity index (χ1v) is 10.7. The van der Waals surface area contributed by atoms with E-state index in [9.17, 15) is 17.6 Å². The number of amides is 1. The molecule has 1 N–H and O–H groups in total.